The highest BCUT2D eigenvalue weighted by atomic mass is 16.4. The highest BCUT2D eigenvalue weighted by Gasteiger charge is 2.16. The van der Waals surface area contributed by atoms with Gasteiger partial charge in [-0.1, -0.05) is 27.4 Å². The highest BCUT2D eigenvalue weighted by Crippen LogP contribution is 2.09. The van der Waals surface area contributed by atoms with E-state index in [1.807, 2.05) is 0 Å². The molecule has 5 heteroatoms. The van der Waals surface area contributed by atoms with E-state index >= 15 is 0 Å². The van der Waals surface area contributed by atoms with E-state index in [2.05, 4.69) is 6.58 Å². The van der Waals surface area contributed by atoms with Crippen LogP contribution in [-0.2, 0) is 9.59 Å². The Balaban J connectivity index is -0.000000150. The van der Waals surface area contributed by atoms with E-state index in [1.165, 1.54) is 0 Å². The SMILES string of the molecule is C=CC(=O)O.CC(C)(C)C(N)=O.N. The number of carboxylic acid groups (broad SMARTS) is 1. The molecule has 0 saturated heterocycles. The summed E-state index contributed by atoms with van der Waals surface area (Å²) in [5, 5.41) is 7.60. The van der Waals surface area contributed by atoms with Gasteiger partial charge in [0.25, 0.3) is 0 Å². The highest BCUT2D eigenvalue weighted by molar-refractivity contribution is 5.79. The molecule has 78 valence electrons. The smallest absolute Gasteiger partial charge is 0.327 e. The lowest BCUT2D eigenvalue weighted by Gasteiger charge is -2.10. The summed E-state index contributed by atoms with van der Waals surface area (Å²) in [6.45, 7) is 8.32. The lowest BCUT2D eigenvalue weighted by atomic mass is 9.96. The van der Waals surface area contributed by atoms with Gasteiger partial charge in [0.05, 0.1) is 0 Å². The molecule has 13 heavy (non-hydrogen) atoms. The van der Waals surface area contributed by atoms with Gasteiger partial charge in [-0.3, -0.25) is 4.79 Å². The minimum atomic E-state index is -0.981. The fourth-order valence-electron chi connectivity index (χ4n) is 0. The molecule has 1 amide bonds. The molecule has 0 aliphatic carbocycles. The summed E-state index contributed by atoms with van der Waals surface area (Å²) in [7, 11) is 0. The maximum atomic E-state index is 10.2. The maximum Gasteiger partial charge on any atom is 0.327 e. The fourth-order valence-corrected chi connectivity index (χ4v) is 0. The van der Waals surface area contributed by atoms with Crippen molar-refractivity contribution in [3.8, 4) is 0 Å². The van der Waals surface area contributed by atoms with Gasteiger partial charge in [-0.05, 0) is 0 Å². The standard InChI is InChI=1S/C5H11NO.C3H4O2.H3N/c1-5(2,3)4(6)7;1-2-3(4)5;/h1-3H3,(H2,6,7);2H,1H2,(H,4,5);1H3. The van der Waals surface area contributed by atoms with Crippen LogP contribution in [0.5, 0.6) is 0 Å². The minimum Gasteiger partial charge on any atom is -0.478 e. The van der Waals surface area contributed by atoms with Gasteiger partial charge in [-0.15, -0.1) is 0 Å². The second kappa shape index (κ2) is 7.30. The first kappa shape index (κ1) is 17.7. The Kier molecular flexibility index (Phi) is 9.91. The molecule has 5 nitrogen and oxygen atoms in total. The van der Waals surface area contributed by atoms with Gasteiger partial charge in [0, 0.05) is 11.5 Å². The summed E-state index contributed by atoms with van der Waals surface area (Å²) < 4.78 is 0. The van der Waals surface area contributed by atoms with Crippen LogP contribution in [0.1, 0.15) is 20.8 Å². The number of carbonyl (C=O) groups excluding carboxylic acids is 1. The van der Waals surface area contributed by atoms with Gasteiger partial charge in [0.15, 0.2) is 0 Å². The zero-order valence-electron chi connectivity index (χ0n) is 8.33. The maximum absolute atomic E-state index is 10.2. The molecule has 0 bridgehead atoms. The van der Waals surface area contributed by atoms with Crippen LogP contribution in [-0.4, -0.2) is 17.0 Å². The molecule has 0 spiro atoms. The third-order valence-corrected chi connectivity index (χ3v) is 0.914. The summed E-state index contributed by atoms with van der Waals surface area (Å²) in [5.41, 5.74) is 4.57. The first-order chi connectivity index (χ1) is 5.21. The average molecular weight is 190 g/mol. The Labute approximate surface area is 78.2 Å². The Morgan fingerprint density at radius 3 is 1.54 bits per heavy atom. The first-order valence-corrected chi connectivity index (χ1v) is 3.37. The normalized spacial score (nSPS) is 8.54. The molecule has 0 aromatic heterocycles. The van der Waals surface area contributed by atoms with Crippen molar-refractivity contribution < 1.29 is 14.7 Å². The molecule has 0 unspecified atom stereocenters. The van der Waals surface area contributed by atoms with E-state index in [1.54, 1.807) is 20.8 Å². The number of carboxylic acids is 1. The Hall–Kier alpha value is -1.36. The predicted molar refractivity (Wildman–Crippen MR) is 51.5 cm³/mol. The molecule has 0 radical (unpaired) electrons. The molecule has 0 aromatic carbocycles. The van der Waals surface area contributed by atoms with E-state index in [0.29, 0.717) is 0 Å². The third-order valence-electron chi connectivity index (χ3n) is 0.914. The molecule has 0 aliphatic rings. The zero-order chi connectivity index (χ0) is 10.4. The van der Waals surface area contributed by atoms with E-state index in [4.69, 9.17) is 10.8 Å². The van der Waals surface area contributed by atoms with Crippen LogP contribution in [0.25, 0.3) is 0 Å². The molecule has 6 N–H and O–H groups in total. The predicted octanol–water partition coefficient (Wildman–Crippen LogP) is 0.937. The van der Waals surface area contributed by atoms with Crippen LogP contribution in [0, 0.1) is 5.41 Å². The summed E-state index contributed by atoms with van der Waals surface area (Å²) in [5.74, 6) is -1.24. The van der Waals surface area contributed by atoms with Crippen molar-refractivity contribution in [3.63, 3.8) is 0 Å². The lowest BCUT2D eigenvalue weighted by molar-refractivity contribution is -0.131. The van der Waals surface area contributed by atoms with Crippen molar-refractivity contribution in [1.29, 1.82) is 0 Å². The van der Waals surface area contributed by atoms with Gasteiger partial charge < -0.3 is 17.0 Å². The molecular weight excluding hydrogens is 172 g/mol. The van der Waals surface area contributed by atoms with Gasteiger partial charge >= 0.3 is 5.97 Å². The van der Waals surface area contributed by atoms with Crippen molar-refractivity contribution >= 4 is 11.9 Å². The van der Waals surface area contributed by atoms with Crippen LogP contribution < -0.4 is 11.9 Å². The summed E-state index contributed by atoms with van der Waals surface area (Å²) in [6.07, 6.45) is 0.833. The second-order valence-electron chi connectivity index (χ2n) is 3.16. The van der Waals surface area contributed by atoms with Crippen LogP contribution in [0.2, 0.25) is 0 Å². The largest absolute Gasteiger partial charge is 0.478 e. The van der Waals surface area contributed by atoms with Crippen molar-refractivity contribution in [2.24, 2.45) is 11.1 Å². The first-order valence-electron chi connectivity index (χ1n) is 3.37. The molecular formula is C8H18N2O3. The Morgan fingerprint density at radius 1 is 1.38 bits per heavy atom. The van der Waals surface area contributed by atoms with E-state index in [-0.39, 0.29) is 17.5 Å². The third kappa shape index (κ3) is 18.0. The molecule has 0 rings (SSSR count). The minimum absolute atomic E-state index is 0. The zero-order valence-corrected chi connectivity index (χ0v) is 8.33. The van der Waals surface area contributed by atoms with Crippen LogP contribution >= 0.6 is 0 Å². The average Bonchev–Trinajstić information content (AvgIpc) is 1.87. The van der Waals surface area contributed by atoms with E-state index in [9.17, 15) is 9.59 Å². The summed E-state index contributed by atoms with van der Waals surface area (Å²) >= 11 is 0. The van der Waals surface area contributed by atoms with Crippen LogP contribution in [0.3, 0.4) is 0 Å². The number of rotatable bonds is 1. The number of primary amides is 1. The summed E-state index contributed by atoms with van der Waals surface area (Å²) in [4.78, 5) is 19.5. The van der Waals surface area contributed by atoms with Gasteiger partial charge in [0.1, 0.15) is 0 Å². The van der Waals surface area contributed by atoms with Gasteiger partial charge in [0.2, 0.25) is 5.91 Å². The van der Waals surface area contributed by atoms with Crippen LogP contribution in [0.15, 0.2) is 12.7 Å². The lowest BCUT2D eigenvalue weighted by Crippen LogP contribution is -2.27. The molecule has 0 aliphatic heterocycles. The van der Waals surface area contributed by atoms with Crippen molar-refractivity contribution in [2.45, 2.75) is 20.8 Å². The van der Waals surface area contributed by atoms with E-state index < -0.39 is 5.97 Å². The number of amides is 1. The summed E-state index contributed by atoms with van der Waals surface area (Å²) in [6, 6.07) is 0. The number of carbonyl (C=O) groups is 2. The second-order valence-corrected chi connectivity index (χ2v) is 3.16. The Bertz CT molecular complexity index is 182. The molecule has 0 atom stereocenters. The molecule has 0 heterocycles. The molecule has 0 aromatic rings. The van der Waals surface area contributed by atoms with Crippen molar-refractivity contribution in [2.75, 3.05) is 0 Å². The van der Waals surface area contributed by atoms with Gasteiger partial charge in [-0.25, -0.2) is 4.79 Å². The fraction of sp³-hybridized carbons (Fsp3) is 0.500. The quantitative estimate of drug-likeness (QED) is 0.533. The van der Waals surface area contributed by atoms with Crippen molar-refractivity contribution in [3.05, 3.63) is 12.7 Å². The van der Waals surface area contributed by atoms with Crippen LogP contribution in [0.4, 0.5) is 0 Å². The van der Waals surface area contributed by atoms with Crippen molar-refractivity contribution in [1.82, 2.24) is 6.15 Å². The van der Waals surface area contributed by atoms with Gasteiger partial charge in [-0.2, -0.15) is 0 Å². The number of hydrogen-bond acceptors (Lipinski definition) is 3. The molecule has 0 saturated carbocycles. The van der Waals surface area contributed by atoms with E-state index in [0.717, 1.165) is 6.08 Å². The number of nitrogens with two attached hydrogens (primary N) is 1. The molecule has 0 fully saturated rings. The number of aliphatic carboxylic acids is 1. The topological polar surface area (TPSA) is 115 Å². The Morgan fingerprint density at radius 2 is 1.54 bits per heavy atom. The number of hydrogen-bond donors (Lipinski definition) is 3. The monoisotopic (exact) mass is 190 g/mol.